The molecule has 1 unspecified atom stereocenters. The summed E-state index contributed by atoms with van der Waals surface area (Å²) >= 11 is 0. The molecule has 1 atom stereocenters. The van der Waals surface area contributed by atoms with Crippen LogP contribution in [0.5, 0.6) is 0 Å². The summed E-state index contributed by atoms with van der Waals surface area (Å²) in [5.41, 5.74) is 0.237. The third kappa shape index (κ3) is 3.57. The third-order valence-corrected chi connectivity index (χ3v) is 4.46. The van der Waals surface area contributed by atoms with Gasteiger partial charge in [-0.3, -0.25) is 0 Å². The Kier molecular flexibility index (Phi) is 5.53. The molecule has 2 rings (SSSR count). The highest BCUT2D eigenvalue weighted by molar-refractivity contribution is 5.24. The number of hydrogen-bond donors (Lipinski definition) is 1. The Hall–Kier alpha value is -0.960. The molecule has 0 spiro atoms. The summed E-state index contributed by atoms with van der Waals surface area (Å²) in [7, 11) is 0. The Labute approximate surface area is 120 Å². The van der Waals surface area contributed by atoms with E-state index < -0.39 is 11.6 Å². The van der Waals surface area contributed by atoms with Crippen molar-refractivity contribution < 1.29 is 8.78 Å². The summed E-state index contributed by atoms with van der Waals surface area (Å²) in [6.07, 6.45) is 5.39. The van der Waals surface area contributed by atoms with E-state index in [2.05, 4.69) is 19.2 Å². The van der Waals surface area contributed by atoms with E-state index in [-0.39, 0.29) is 11.6 Å². The lowest BCUT2D eigenvalue weighted by atomic mass is 9.77. The zero-order chi connectivity index (χ0) is 14.5. The summed E-state index contributed by atoms with van der Waals surface area (Å²) in [5.74, 6) is 0.238. The van der Waals surface area contributed by atoms with Crippen LogP contribution in [0.25, 0.3) is 0 Å². The standard InChI is InChI=1S/C17H25F2N/c1-3-11-20-17(13-9-7-12(2)8-10-13)16-14(18)5-4-6-15(16)19/h4-6,12-13,17,20H,3,7-11H2,1-2H3. The van der Waals surface area contributed by atoms with Gasteiger partial charge < -0.3 is 5.32 Å². The van der Waals surface area contributed by atoms with Gasteiger partial charge in [-0.1, -0.05) is 32.8 Å². The van der Waals surface area contributed by atoms with Gasteiger partial charge >= 0.3 is 0 Å². The van der Waals surface area contributed by atoms with E-state index in [0.717, 1.165) is 44.6 Å². The second kappa shape index (κ2) is 7.16. The number of hydrogen-bond acceptors (Lipinski definition) is 1. The van der Waals surface area contributed by atoms with Crippen molar-refractivity contribution in [3.05, 3.63) is 35.4 Å². The van der Waals surface area contributed by atoms with Crippen LogP contribution in [-0.4, -0.2) is 6.54 Å². The highest BCUT2D eigenvalue weighted by atomic mass is 19.1. The predicted octanol–water partition coefficient (Wildman–Crippen LogP) is 4.83. The van der Waals surface area contributed by atoms with Crippen molar-refractivity contribution in [2.45, 2.75) is 52.0 Å². The highest BCUT2D eigenvalue weighted by Gasteiger charge is 2.30. The van der Waals surface area contributed by atoms with Gasteiger partial charge in [0.2, 0.25) is 0 Å². The Morgan fingerprint density at radius 2 is 1.75 bits per heavy atom. The van der Waals surface area contributed by atoms with Crippen molar-refractivity contribution in [3.8, 4) is 0 Å². The average Bonchev–Trinajstić information content (AvgIpc) is 2.43. The zero-order valence-corrected chi connectivity index (χ0v) is 12.5. The Bertz CT molecular complexity index is 405. The van der Waals surface area contributed by atoms with Crippen molar-refractivity contribution in [2.75, 3.05) is 6.54 Å². The first-order valence-electron chi connectivity index (χ1n) is 7.80. The van der Waals surface area contributed by atoms with Crippen LogP contribution in [-0.2, 0) is 0 Å². The summed E-state index contributed by atoms with van der Waals surface area (Å²) < 4.78 is 28.2. The number of nitrogens with one attached hydrogen (secondary N) is 1. The maximum atomic E-state index is 14.1. The summed E-state index contributed by atoms with van der Waals surface area (Å²) in [4.78, 5) is 0. The van der Waals surface area contributed by atoms with E-state index in [0.29, 0.717) is 5.92 Å². The minimum absolute atomic E-state index is 0.191. The number of benzene rings is 1. The summed E-state index contributed by atoms with van der Waals surface area (Å²) in [6, 6.07) is 3.98. The van der Waals surface area contributed by atoms with Crippen LogP contribution in [0.15, 0.2) is 18.2 Å². The second-order valence-electron chi connectivity index (χ2n) is 6.09. The second-order valence-corrected chi connectivity index (χ2v) is 6.09. The van der Waals surface area contributed by atoms with Crippen molar-refractivity contribution in [3.63, 3.8) is 0 Å². The van der Waals surface area contributed by atoms with E-state index in [1.807, 2.05) is 0 Å². The van der Waals surface area contributed by atoms with E-state index in [1.165, 1.54) is 18.2 Å². The molecule has 0 aromatic heterocycles. The third-order valence-electron chi connectivity index (χ3n) is 4.46. The zero-order valence-electron chi connectivity index (χ0n) is 12.5. The van der Waals surface area contributed by atoms with Gasteiger partial charge in [-0.05, 0) is 49.8 Å². The number of halogens is 2. The van der Waals surface area contributed by atoms with Crippen molar-refractivity contribution in [1.29, 1.82) is 0 Å². The van der Waals surface area contributed by atoms with Crippen LogP contribution in [0.4, 0.5) is 8.78 Å². The molecule has 1 aliphatic carbocycles. The van der Waals surface area contributed by atoms with Crippen LogP contribution in [0.1, 0.15) is 57.6 Å². The first-order valence-corrected chi connectivity index (χ1v) is 7.80. The van der Waals surface area contributed by atoms with Crippen LogP contribution in [0.2, 0.25) is 0 Å². The van der Waals surface area contributed by atoms with Gasteiger partial charge in [0, 0.05) is 11.6 Å². The molecule has 1 N–H and O–H groups in total. The molecule has 0 bridgehead atoms. The van der Waals surface area contributed by atoms with Crippen molar-refractivity contribution in [2.24, 2.45) is 11.8 Å². The molecule has 1 saturated carbocycles. The molecule has 112 valence electrons. The fraction of sp³-hybridized carbons (Fsp3) is 0.647. The van der Waals surface area contributed by atoms with Gasteiger partial charge in [-0.25, -0.2) is 8.78 Å². The van der Waals surface area contributed by atoms with Crippen molar-refractivity contribution in [1.82, 2.24) is 5.32 Å². The van der Waals surface area contributed by atoms with E-state index in [1.54, 1.807) is 0 Å². The molecule has 0 aliphatic heterocycles. The smallest absolute Gasteiger partial charge is 0.130 e. The molecule has 1 aromatic rings. The Balaban J connectivity index is 2.22. The minimum atomic E-state index is -0.419. The first kappa shape index (κ1) is 15.4. The lowest BCUT2D eigenvalue weighted by molar-refractivity contribution is 0.225. The van der Waals surface area contributed by atoms with Gasteiger partial charge in [0.25, 0.3) is 0 Å². The van der Waals surface area contributed by atoms with Crippen LogP contribution < -0.4 is 5.32 Å². The molecular formula is C17H25F2N. The largest absolute Gasteiger partial charge is 0.310 e. The van der Waals surface area contributed by atoms with Crippen molar-refractivity contribution >= 4 is 0 Å². The van der Waals surface area contributed by atoms with Crippen LogP contribution >= 0.6 is 0 Å². The topological polar surface area (TPSA) is 12.0 Å². The molecule has 20 heavy (non-hydrogen) atoms. The molecule has 3 heteroatoms. The lowest BCUT2D eigenvalue weighted by Crippen LogP contribution is -2.32. The van der Waals surface area contributed by atoms with Gasteiger partial charge in [0.15, 0.2) is 0 Å². The molecule has 1 aromatic carbocycles. The average molecular weight is 281 g/mol. The lowest BCUT2D eigenvalue weighted by Gasteiger charge is -2.34. The molecule has 1 aliphatic rings. The summed E-state index contributed by atoms with van der Waals surface area (Å²) in [5, 5.41) is 3.37. The van der Waals surface area contributed by atoms with Gasteiger partial charge in [0.1, 0.15) is 11.6 Å². The molecule has 0 saturated heterocycles. The Morgan fingerprint density at radius 1 is 1.15 bits per heavy atom. The van der Waals surface area contributed by atoms with Crippen LogP contribution in [0.3, 0.4) is 0 Å². The van der Waals surface area contributed by atoms with E-state index in [4.69, 9.17) is 0 Å². The maximum absolute atomic E-state index is 14.1. The predicted molar refractivity (Wildman–Crippen MR) is 78.5 cm³/mol. The monoisotopic (exact) mass is 281 g/mol. The van der Waals surface area contributed by atoms with Gasteiger partial charge in [0.05, 0.1) is 0 Å². The SMILES string of the molecule is CCCNC(c1c(F)cccc1F)C1CCC(C)CC1. The quantitative estimate of drug-likeness (QED) is 0.815. The highest BCUT2D eigenvalue weighted by Crippen LogP contribution is 2.38. The van der Waals surface area contributed by atoms with Gasteiger partial charge in [-0.2, -0.15) is 0 Å². The fourth-order valence-corrected chi connectivity index (χ4v) is 3.23. The molecular weight excluding hydrogens is 256 g/mol. The maximum Gasteiger partial charge on any atom is 0.130 e. The summed E-state index contributed by atoms with van der Waals surface area (Å²) in [6.45, 7) is 5.13. The van der Waals surface area contributed by atoms with Crippen LogP contribution in [0, 0.1) is 23.5 Å². The van der Waals surface area contributed by atoms with E-state index >= 15 is 0 Å². The molecule has 0 amide bonds. The van der Waals surface area contributed by atoms with Gasteiger partial charge in [-0.15, -0.1) is 0 Å². The Morgan fingerprint density at radius 3 is 2.30 bits per heavy atom. The number of rotatable bonds is 5. The first-order chi connectivity index (χ1) is 9.63. The molecule has 1 nitrogen and oxygen atoms in total. The minimum Gasteiger partial charge on any atom is -0.310 e. The molecule has 0 radical (unpaired) electrons. The van der Waals surface area contributed by atoms with E-state index in [9.17, 15) is 8.78 Å². The fourth-order valence-electron chi connectivity index (χ4n) is 3.23. The normalized spacial score (nSPS) is 24.6. The molecule has 1 fully saturated rings. The molecule has 0 heterocycles.